The number of H-pyrrole nitrogens is 1. The van der Waals surface area contributed by atoms with E-state index in [0.717, 1.165) is 63.5 Å². The first-order valence-corrected chi connectivity index (χ1v) is 11.3. The third-order valence-electron chi connectivity index (χ3n) is 7.66. The van der Waals surface area contributed by atoms with Crippen molar-refractivity contribution < 1.29 is 0 Å². The number of rotatable bonds is 4. The number of aromatic nitrogens is 7. The molecular weight excluding hydrogens is 386 g/mol. The predicted octanol–water partition coefficient (Wildman–Crippen LogP) is 4.43. The molecule has 0 aromatic carbocycles. The van der Waals surface area contributed by atoms with E-state index in [0.29, 0.717) is 5.92 Å². The van der Waals surface area contributed by atoms with E-state index in [1.807, 2.05) is 36.5 Å². The van der Waals surface area contributed by atoms with Crippen LogP contribution in [-0.4, -0.2) is 34.7 Å². The number of aromatic amines is 1. The zero-order valence-electron chi connectivity index (χ0n) is 18.0. The summed E-state index contributed by atoms with van der Waals surface area (Å²) in [4.78, 5) is 21.8. The number of hydrogen-bond donors (Lipinski definition) is 1. The zero-order chi connectivity index (χ0) is 20.9. The molecule has 4 heterocycles. The normalized spacial score (nSPS) is 25.4. The first-order chi connectivity index (χ1) is 15.2. The van der Waals surface area contributed by atoms with Crippen molar-refractivity contribution >= 4 is 11.0 Å². The summed E-state index contributed by atoms with van der Waals surface area (Å²) in [7, 11) is 1.93. The molecule has 0 amide bonds. The van der Waals surface area contributed by atoms with Crippen LogP contribution in [0.3, 0.4) is 0 Å². The fraction of sp³-hybridized carbons (Fsp3) is 0.458. The molecule has 0 saturated heterocycles. The topological polar surface area (TPSA) is 85.2 Å². The van der Waals surface area contributed by atoms with Gasteiger partial charge in [-0.15, -0.1) is 0 Å². The smallest absolute Gasteiger partial charge is 0.162 e. The second-order valence-electron chi connectivity index (χ2n) is 9.36. The summed E-state index contributed by atoms with van der Waals surface area (Å²) in [5, 5.41) is 5.30. The van der Waals surface area contributed by atoms with Gasteiger partial charge >= 0.3 is 0 Å². The lowest BCUT2D eigenvalue weighted by Gasteiger charge is -2.47. The zero-order valence-corrected chi connectivity index (χ0v) is 18.0. The molecule has 7 heteroatoms. The maximum Gasteiger partial charge on any atom is 0.162 e. The van der Waals surface area contributed by atoms with Gasteiger partial charge in [0.15, 0.2) is 5.82 Å². The number of nitrogens with one attached hydrogen (secondary N) is 1. The Kier molecular flexibility index (Phi) is 4.37. The van der Waals surface area contributed by atoms with Crippen LogP contribution in [0.1, 0.15) is 38.3 Å². The van der Waals surface area contributed by atoms with Gasteiger partial charge in [-0.2, -0.15) is 5.10 Å². The Bertz CT molecular complexity index is 1230. The molecule has 7 nitrogen and oxygen atoms in total. The Morgan fingerprint density at radius 3 is 2.71 bits per heavy atom. The van der Waals surface area contributed by atoms with Crippen LogP contribution < -0.4 is 0 Å². The van der Waals surface area contributed by atoms with Gasteiger partial charge in [0.2, 0.25) is 0 Å². The van der Waals surface area contributed by atoms with E-state index >= 15 is 0 Å². The highest BCUT2D eigenvalue weighted by molar-refractivity contribution is 5.91. The Hall–Kier alpha value is -3.09. The first kappa shape index (κ1) is 18.7. The van der Waals surface area contributed by atoms with Crippen LogP contribution in [-0.2, 0) is 13.5 Å². The standard InChI is InChI=1S/C24H27N7/c1-14-15-3-5-16(6-4-15)19(14)7-18-8-22(17-9-28-31(2)12-17)30-24(29-18)21-11-26-23-20(21)10-25-13-27-23/h8-16,19H,3-7H2,1-2H3,(H,25,26,27). The summed E-state index contributed by atoms with van der Waals surface area (Å²) in [6.45, 7) is 2.46. The molecule has 3 aliphatic rings. The van der Waals surface area contributed by atoms with E-state index < -0.39 is 0 Å². The Balaban J connectivity index is 1.44. The summed E-state index contributed by atoms with van der Waals surface area (Å²) < 4.78 is 1.82. The van der Waals surface area contributed by atoms with Crippen molar-refractivity contribution in [2.45, 2.75) is 39.0 Å². The van der Waals surface area contributed by atoms with Crippen LogP contribution in [0, 0.1) is 23.7 Å². The van der Waals surface area contributed by atoms with Crippen LogP contribution in [0.2, 0.25) is 0 Å². The third kappa shape index (κ3) is 3.23. The van der Waals surface area contributed by atoms with Gasteiger partial charge < -0.3 is 4.98 Å². The monoisotopic (exact) mass is 413 g/mol. The predicted molar refractivity (Wildman–Crippen MR) is 119 cm³/mol. The second kappa shape index (κ2) is 7.25. The molecule has 4 aromatic rings. The molecule has 158 valence electrons. The Morgan fingerprint density at radius 1 is 1.10 bits per heavy atom. The molecule has 1 N–H and O–H groups in total. The van der Waals surface area contributed by atoms with Gasteiger partial charge in [-0.3, -0.25) is 4.68 Å². The summed E-state index contributed by atoms with van der Waals surface area (Å²) in [5.41, 5.74) is 4.81. The maximum absolute atomic E-state index is 5.06. The molecule has 2 bridgehead atoms. The lowest BCUT2D eigenvalue weighted by Crippen LogP contribution is -2.39. The largest absolute Gasteiger partial charge is 0.345 e. The van der Waals surface area contributed by atoms with Crippen molar-refractivity contribution in [1.29, 1.82) is 0 Å². The van der Waals surface area contributed by atoms with Gasteiger partial charge in [0.05, 0.1) is 11.9 Å². The van der Waals surface area contributed by atoms with Crippen LogP contribution >= 0.6 is 0 Å². The maximum atomic E-state index is 5.06. The number of fused-ring (bicyclic) bond motifs is 4. The Labute approximate surface area is 181 Å². The van der Waals surface area contributed by atoms with Gasteiger partial charge in [0.25, 0.3) is 0 Å². The van der Waals surface area contributed by atoms with Crippen LogP contribution in [0.15, 0.2) is 37.2 Å². The highest BCUT2D eigenvalue weighted by Gasteiger charge is 2.41. The number of aryl methyl sites for hydroxylation is 1. The minimum absolute atomic E-state index is 0.711. The first-order valence-electron chi connectivity index (χ1n) is 11.3. The van der Waals surface area contributed by atoms with Crippen molar-refractivity contribution in [1.82, 2.24) is 34.7 Å². The summed E-state index contributed by atoms with van der Waals surface area (Å²) >= 11 is 0. The fourth-order valence-corrected chi connectivity index (χ4v) is 5.94. The van der Waals surface area contributed by atoms with Gasteiger partial charge in [0, 0.05) is 47.8 Å². The average molecular weight is 414 g/mol. The van der Waals surface area contributed by atoms with E-state index in [1.165, 1.54) is 25.7 Å². The molecule has 4 aromatic heterocycles. The molecule has 3 fully saturated rings. The van der Waals surface area contributed by atoms with E-state index in [4.69, 9.17) is 9.97 Å². The van der Waals surface area contributed by atoms with E-state index in [2.05, 4.69) is 33.0 Å². The van der Waals surface area contributed by atoms with Crippen molar-refractivity contribution in [3.8, 4) is 22.6 Å². The number of nitrogens with zero attached hydrogens (tertiary/aromatic N) is 6. The van der Waals surface area contributed by atoms with E-state index in [9.17, 15) is 0 Å². The molecule has 0 radical (unpaired) electrons. The van der Waals surface area contributed by atoms with E-state index in [1.54, 1.807) is 6.33 Å². The van der Waals surface area contributed by atoms with Gasteiger partial charge in [-0.1, -0.05) is 6.92 Å². The molecule has 31 heavy (non-hydrogen) atoms. The van der Waals surface area contributed by atoms with E-state index in [-0.39, 0.29) is 0 Å². The second-order valence-corrected chi connectivity index (χ2v) is 9.36. The molecule has 3 saturated carbocycles. The number of hydrogen-bond acceptors (Lipinski definition) is 5. The fourth-order valence-electron chi connectivity index (χ4n) is 5.94. The SMILES string of the molecule is CC1C2CCC(CC2)C1Cc1cc(-c2cnn(C)c2)nc(-c2c[nH]c3ncncc23)n1. The quantitative estimate of drug-likeness (QED) is 0.535. The molecule has 0 aliphatic heterocycles. The van der Waals surface area contributed by atoms with Crippen molar-refractivity contribution in [3.63, 3.8) is 0 Å². The summed E-state index contributed by atoms with van der Waals surface area (Å²) in [6, 6.07) is 2.17. The summed E-state index contributed by atoms with van der Waals surface area (Å²) in [5.74, 6) is 3.94. The van der Waals surface area contributed by atoms with Crippen molar-refractivity contribution in [2.75, 3.05) is 0 Å². The van der Waals surface area contributed by atoms with Gasteiger partial charge in [-0.25, -0.2) is 19.9 Å². The van der Waals surface area contributed by atoms with Gasteiger partial charge in [0.1, 0.15) is 12.0 Å². The Morgan fingerprint density at radius 2 is 1.94 bits per heavy atom. The molecular formula is C24H27N7. The van der Waals surface area contributed by atoms with Crippen molar-refractivity contribution in [3.05, 3.63) is 42.9 Å². The van der Waals surface area contributed by atoms with Crippen LogP contribution in [0.25, 0.3) is 33.7 Å². The van der Waals surface area contributed by atoms with Gasteiger partial charge in [-0.05, 0) is 61.8 Å². The average Bonchev–Trinajstić information content (AvgIpc) is 3.43. The lowest BCUT2D eigenvalue weighted by atomic mass is 9.58. The lowest BCUT2D eigenvalue weighted by molar-refractivity contribution is 0.0339. The molecule has 2 atom stereocenters. The molecule has 2 unspecified atom stereocenters. The van der Waals surface area contributed by atoms with Crippen LogP contribution in [0.5, 0.6) is 0 Å². The molecule has 3 aliphatic carbocycles. The highest BCUT2D eigenvalue weighted by atomic mass is 15.2. The summed E-state index contributed by atoms with van der Waals surface area (Å²) in [6.07, 6.45) is 15.8. The molecule has 0 spiro atoms. The highest BCUT2D eigenvalue weighted by Crippen LogP contribution is 2.49. The third-order valence-corrected chi connectivity index (χ3v) is 7.66. The minimum Gasteiger partial charge on any atom is -0.345 e. The van der Waals surface area contributed by atoms with Crippen LogP contribution in [0.4, 0.5) is 0 Å². The molecule has 7 rings (SSSR count). The minimum atomic E-state index is 0.711. The van der Waals surface area contributed by atoms with Crippen molar-refractivity contribution in [2.24, 2.45) is 30.7 Å².